The minimum Gasteiger partial charge on any atom is -0.497 e. The number of ether oxygens (including phenoxy) is 2. The van der Waals surface area contributed by atoms with Gasteiger partial charge in [0.05, 0.1) is 20.3 Å². The Kier molecular flexibility index (Phi) is 7.68. The van der Waals surface area contributed by atoms with Gasteiger partial charge in [0, 0.05) is 24.9 Å². The van der Waals surface area contributed by atoms with Crippen LogP contribution < -0.4 is 14.8 Å². The molecule has 2 aromatic carbocycles. The molecule has 174 valence electrons. The topological polar surface area (TPSA) is 63.9 Å². The summed E-state index contributed by atoms with van der Waals surface area (Å²) in [6, 6.07) is 19.9. The molecular formula is C27H32N2O4. The number of hydrogen-bond donors (Lipinski definition) is 1. The molecule has 1 fully saturated rings. The number of benzene rings is 2. The second-order valence-electron chi connectivity index (χ2n) is 8.33. The van der Waals surface area contributed by atoms with Gasteiger partial charge >= 0.3 is 0 Å². The van der Waals surface area contributed by atoms with Crippen molar-refractivity contribution in [2.24, 2.45) is 0 Å². The van der Waals surface area contributed by atoms with Gasteiger partial charge < -0.3 is 19.2 Å². The quantitative estimate of drug-likeness (QED) is 0.480. The van der Waals surface area contributed by atoms with E-state index in [9.17, 15) is 4.79 Å². The van der Waals surface area contributed by atoms with E-state index in [4.69, 9.17) is 13.9 Å². The van der Waals surface area contributed by atoms with Crippen molar-refractivity contribution in [3.63, 3.8) is 0 Å². The number of likely N-dealkylation sites (tertiary alicyclic amines) is 1. The normalized spacial score (nSPS) is 14.7. The monoisotopic (exact) mass is 448 g/mol. The Balaban J connectivity index is 1.32. The molecule has 0 aliphatic carbocycles. The SMILES string of the molecule is COc1ccc(-c2ccc(CCC(=O)NC[C@@H](c3cccc(OC)c3)N3CCCC3)o2)cc1. The second kappa shape index (κ2) is 11.1. The summed E-state index contributed by atoms with van der Waals surface area (Å²) in [4.78, 5) is 15.1. The number of hydrogen-bond acceptors (Lipinski definition) is 5. The van der Waals surface area contributed by atoms with Crippen LogP contribution in [0, 0.1) is 0 Å². The van der Waals surface area contributed by atoms with Crippen LogP contribution in [0.2, 0.25) is 0 Å². The van der Waals surface area contributed by atoms with Crippen molar-refractivity contribution >= 4 is 5.91 Å². The third kappa shape index (κ3) is 5.96. The molecule has 6 nitrogen and oxygen atoms in total. The average molecular weight is 449 g/mol. The van der Waals surface area contributed by atoms with Gasteiger partial charge in [-0.15, -0.1) is 0 Å². The van der Waals surface area contributed by atoms with E-state index in [0.29, 0.717) is 19.4 Å². The Morgan fingerprint density at radius 2 is 1.76 bits per heavy atom. The highest BCUT2D eigenvalue weighted by atomic mass is 16.5. The Labute approximate surface area is 195 Å². The molecule has 4 rings (SSSR count). The predicted molar refractivity (Wildman–Crippen MR) is 129 cm³/mol. The molecule has 6 heteroatoms. The van der Waals surface area contributed by atoms with Crippen molar-refractivity contribution in [1.29, 1.82) is 0 Å². The summed E-state index contributed by atoms with van der Waals surface area (Å²) in [5.41, 5.74) is 2.16. The number of carbonyl (C=O) groups excluding carboxylic acids is 1. The van der Waals surface area contributed by atoms with Gasteiger partial charge in [-0.2, -0.15) is 0 Å². The summed E-state index contributed by atoms with van der Waals surface area (Å²) in [6.45, 7) is 2.69. The van der Waals surface area contributed by atoms with E-state index in [1.807, 2.05) is 48.5 Å². The molecule has 0 saturated carbocycles. The van der Waals surface area contributed by atoms with E-state index in [1.165, 1.54) is 18.4 Å². The lowest BCUT2D eigenvalue weighted by atomic mass is 10.0. The first-order valence-electron chi connectivity index (χ1n) is 11.5. The molecule has 1 atom stereocenters. The minimum atomic E-state index is 0.0319. The number of furan rings is 1. The zero-order valence-electron chi connectivity index (χ0n) is 19.4. The Bertz CT molecular complexity index is 1040. The van der Waals surface area contributed by atoms with Crippen LogP contribution in [0.1, 0.15) is 36.6 Å². The highest BCUT2D eigenvalue weighted by Gasteiger charge is 2.24. The van der Waals surface area contributed by atoms with E-state index < -0.39 is 0 Å². The van der Waals surface area contributed by atoms with Gasteiger partial charge in [-0.1, -0.05) is 12.1 Å². The van der Waals surface area contributed by atoms with Gasteiger partial charge in [0.1, 0.15) is 23.0 Å². The lowest BCUT2D eigenvalue weighted by Crippen LogP contribution is -2.36. The number of methoxy groups -OCH3 is 2. The van der Waals surface area contributed by atoms with E-state index in [-0.39, 0.29) is 11.9 Å². The first-order chi connectivity index (χ1) is 16.2. The van der Waals surface area contributed by atoms with Crippen molar-refractivity contribution in [2.45, 2.75) is 31.7 Å². The van der Waals surface area contributed by atoms with Crippen molar-refractivity contribution in [2.75, 3.05) is 33.9 Å². The molecule has 33 heavy (non-hydrogen) atoms. The molecule has 1 N–H and O–H groups in total. The maximum Gasteiger partial charge on any atom is 0.220 e. The van der Waals surface area contributed by atoms with Crippen LogP contribution in [0.3, 0.4) is 0 Å². The summed E-state index contributed by atoms with van der Waals surface area (Å²) in [5.74, 6) is 3.28. The molecule has 0 unspecified atom stereocenters. The average Bonchev–Trinajstić information content (AvgIpc) is 3.56. The van der Waals surface area contributed by atoms with Crippen molar-refractivity contribution in [3.8, 4) is 22.8 Å². The molecular weight excluding hydrogens is 416 g/mol. The van der Waals surface area contributed by atoms with Crippen LogP contribution >= 0.6 is 0 Å². The molecule has 1 amide bonds. The van der Waals surface area contributed by atoms with Gasteiger partial charge in [-0.05, 0) is 80.0 Å². The molecule has 1 aliphatic heterocycles. The number of amides is 1. The fourth-order valence-electron chi connectivity index (χ4n) is 4.32. The maximum absolute atomic E-state index is 12.6. The van der Waals surface area contributed by atoms with Crippen LogP contribution in [0.25, 0.3) is 11.3 Å². The third-order valence-electron chi connectivity index (χ3n) is 6.19. The fraction of sp³-hybridized carbons (Fsp3) is 0.370. The maximum atomic E-state index is 12.6. The first-order valence-corrected chi connectivity index (χ1v) is 11.5. The lowest BCUT2D eigenvalue weighted by molar-refractivity contribution is -0.121. The minimum absolute atomic E-state index is 0.0319. The number of aryl methyl sites for hydroxylation is 1. The summed E-state index contributed by atoms with van der Waals surface area (Å²) in [7, 11) is 3.33. The molecule has 1 saturated heterocycles. The first kappa shape index (κ1) is 22.9. The van der Waals surface area contributed by atoms with E-state index >= 15 is 0 Å². The van der Waals surface area contributed by atoms with Gasteiger partial charge in [0.2, 0.25) is 5.91 Å². The van der Waals surface area contributed by atoms with Crippen LogP contribution in [-0.4, -0.2) is 44.7 Å². The molecule has 0 radical (unpaired) electrons. The van der Waals surface area contributed by atoms with E-state index in [1.54, 1.807) is 14.2 Å². The van der Waals surface area contributed by atoms with Crippen LogP contribution in [-0.2, 0) is 11.2 Å². The van der Waals surface area contributed by atoms with Gasteiger partial charge in [0.15, 0.2) is 0 Å². The molecule has 1 aliphatic rings. The van der Waals surface area contributed by atoms with Crippen LogP contribution in [0.5, 0.6) is 11.5 Å². The summed E-state index contributed by atoms with van der Waals surface area (Å²) >= 11 is 0. The zero-order valence-corrected chi connectivity index (χ0v) is 19.4. The molecule has 0 bridgehead atoms. The molecule has 1 aromatic heterocycles. The lowest BCUT2D eigenvalue weighted by Gasteiger charge is -2.28. The largest absolute Gasteiger partial charge is 0.497 e. The zero-order chi connectivity index (χ0) is 23.0. The summed E-state index contributed by atoms with van der Waals surface area (Å²) < 4.78 is 16.6. The van der Waals surface area contributed by atoms with E-state index in [2.05, 4.69) is 22.3 Å². The summed E-state index contributed by atoms with van der Waals surface area (Å²) in [5, 5.41) is 3.14. The van der Waals surface area contributed by atoms with Crippen LogP contribution in [0.4, 0.5) is 0 Å². The number of carbonyl (C=O) groups is 1. The smallest absolute Gasteiger partial charge is 0.220 e. The van der Waals surface area contributed by atoms with Gasteiger partial charge in [-0.3, -0.25) is 9.69 Å². The van der Waals surface area contributed by atoms with Crippen LogP contribution in [0.15, 0.2) is 65.1 Å². The predicted octanol–water partition coefficient (Wildman–Crippen LogP) is 4.85. The van der Waals surface area contributed by atoms with Crippen molar-refractivity contribution in [1.82, 2.24) is 10.2 Å². The van der Waals surface area contributed by atoms with Crippen molar-refractivity contribution < 1.29 is 18.7 Å². The fourth-order valence-corrected chi connectivity index (χ4v) is 4.32. The summed E-state index contributed by atoms with van der Waals surface area (Å²) in [6.07, 6.45) is 3.35. The molecule has 3 aromatic rings. The van der Waals surface area contributed by atoms with Crippen molar-refractivity contribution in [3.05, 3.63) is 72.0 Å². The number of rotatable bonds is 10. The Morgan fingerprint density at radius 1 is 1.00 bits per heavy atom. The van der Waals surface area contributed by atoms with E-state index in [0.717, 1.165) is 41.7 Å². The van der Waals surface area contributed by atoms with Gasteiger partial charge in [0.25, 0.3) is 0 Å². The highest BCUT2D eigenvalue weighted by molar-refractivity contribution is 5.76. The Hall–Kier alpha value is -3.25. The number of nitrogens with zero attached hydrogens (tertiary/aromatic N) is 1. The standard InChI is InChI=1S/C27H32N2O4/c1-31-22-10-8-20(9-11-22)26-14-12-23(33-26)13-15-27(30)28-19-25(29-16-3-4-17-29)21-6-5-7-24(18-21)32-2/h5-12,14,18,25H,3-4,13,15-17,19H2,1-2H3,(H,28,30)/t25-/m0/s1. The second-order valence-corrected chi connectivity index (χ2v) is 8.33. The van der Waals surface area contributed by atoms with Gasteiger partial charge in [-0.25, -0.2) is 0 Å². The third-order valence-corrected chi connectivity index (χ3v) is 6.19. The molecule has 2 heterocycles. The molecule has 0 spiro atoms. The highest BCUT2D eigenvalue weighted by Crippen LogP contribution is 2.28. The Morgan fingerprint density at radius 3 is 2.48 bits per heavy atom. The number of nitrogens with one attached hydrogen (secondary N) is 1.